The number of thioether (sulfide) groups is 1. The van der Waals surface area contributed by atoms with Crippen LogP contribution in [-0.2, 0) is 19.1 Å². The van der Waals surface area contributed by atoms with E-state index in [9.17, 15) is 14.4 Å². The Morgan fingerprint density at radius 1 is 1.15 bits per heavy atom. The highest BCUT2D eigenvalue weighted by Gasteiger charge is 2.20. The maximum Gasteiger partial charge on any atom is 0.238 e. The number of primary amides is 1. The molecule has 224 valence electrons. The van der Waals surface area contributed by atoms with Crippen LogP contribution in [0.1, 0.15) is 54.9 Å². The maximum atomic E-state index is 12.3. The number of anilines is 2. The van der Waals surface area contributed by atoms with Crippen LogP contribution < -0.4 is 16.4 Å². The van der Waals surface area contributed by atoms with Crippen molar-refractivity contribution in [3.8, 4) is 6.07 Å². The van der Waals surface area contributed by atoms with Gasteiger partial charge in [0, 0.05) is 57.9 Å². The van der Waals surface area contributed by atoms with E-state index in [1.807, 2.05) is 85.2 Å². The van der Waals surface area contributed by atoms with Gasteiger partial charge in [-0.1, -0.05) is 40.7 Å². The monoisotopic (exact) mass is 568 g/mol. The van der Waals surface area contributed by atoms with E-state index in [4.69, 9.17) is 10.00 Å². The number of amides is 3. The molecule has 2 rings (SSSR count). The van der Waals surface area contributed by atoms with Crippen molar-refractivity contribution in [3.05, 3.63) is 24.3 Å². The molecule has 1 aromatic rings. The Bertz CT molecular complexity index is 809. The lowest BCUT2D eigenvalue weighted by molar-refractivity contribution is -0.128. The Morgan fingerprint density at radius 3 is 2.13 bits per heavy atom. The first kappa shape index (κ1) is 40.7. The van der Waals surface area contributed by atoms with Gasteiger partial charge in [-0.15, -0.1) is 0 Å². The summed E-state index contributed by atoms with van der Waals surface area (Å²) in [5, 5.41) is 13.7. The molecule has 0 radical (unpaired) electrons. The first-order chi connectivity index (χ1) is 18.7. The molecule has 0 saturated carbocycles. The number of nitriles is 1. The number of benzene rings is 1. The highest BCUT2D eigenvalue weighted by Crippen LogP contribution is 2.17. The SMILES string of the molecule is CC.CC.CC(N)=O.CCC#N.CCN(C)C(=O)C(CNc1cccc(NC(=O)CN2CCOCC2)c1)SC. The van der Waals surface area contributed by atoms with Gasteiger partial charge in [0.2, 0.25) is 17.7 Å². The van der Waals surface area contributed by atoms with Gasteiger partial charge in [0.05, 0.1) is 25.8 Å². The topological polar surface area (TPSA) is 141 Å². The molecule has 1 aromatic carbocycles. The van der Waals surface area contributed by atoms with Gasteiger partial charge in [0.1, 0.15) is 5.25 Å². The summed E-state index contributed by atoms with van der Waals surface area (Å²) in [5.74, 6) is -0.247. The number of rotatable bonds is 9. The van der Waals surface area contributed by atoms with Crippen LogP contribution >= 0.6 is 11.8 Å². The summed E-state index contributed by atoms with van der Waals surface area (Å²) in [6.07, 6.45) is 2.57. The Balaban J connectivity index is -0.000000921. The summed E-state index contributed by atoms with van der Waals surface area (Å²) in [5.41, 5.74) is 6.10. The van der Waals surface area contributed by atoms with Gasteiger partial charge >= 0.3 is 0 Å². The van der Waals surface area contributed by atoms with Crippen LogP contribution in [0.2, 0.25) is 0 Å². The van der Waals surface area contributed by atoms with Crippen LogP contribution in [0.5, 0.6) is 0 Å². The lowest BCUT2D eigenvalue weighted by Gasteiger charge is -2.25. The van der Waals surface area contributed by atoms with Crippen molar-refractivity contribution in [2.45, 2.75) is 60.1 Å². The zero-order valence-electron chi connectivity index (χ0n) is 25.5. The molecule has 0 spiro atoms. The Kier molecular flexibility index (Phi) is 29.4. The van der Waals surface area contributed by atoms with Crippen molar-refractivity contribution in [2.24, 2.45) is 5.73 Å². The van der Waals surface area contributed by atoms with Crippen molar-refractivity contribution in [3.63, 3.8) is 0 Å². The molecule has 1 fully saturated rings. The van der Waals surface area contributed by atoms with Gasteiger partial charge < -0.3 is 26.0 Å². The molecule has 1 heterocycles. The zero-order valence-corrected chi connectivity index (χ0v) is 26.3. The zero-order chi connectivity index (χ0) is 30.6. The molecule has 0 aliphatic carbocycles. The van der Waals surface area contributed by atoms with Crippen LogP contribution in [0, 0.1) is 11.3 Å². The van der Waals surface area contributed by atoms with E-state index in [0.717, 1.165) is 24.5 Å². The van der Waals surface area contributed by atoms with Crippen molar-refractivity contribution in [1.82, 2.24) is 9.80 Å². The van der Waals surface area contributed by atoms with Crippen LogP contribution in [-0.4, -0.2) is 92.0 Å². The molecule has 1 aliphatic heterocycles. The molecule has 4 N–H and O–H groups in total. The van der Waals surface area contributed by atoms with Crippen molar-refractivity contribution >= 4 is 40.9 Å². The molecule has 3 amide bonds. The summed E-state index contributed by atoms with van der Waals surface area (Å²) in [7, 11) is 1.82. The average molecular weight is 569 g/mol. The highest BCUT2D eigenvalue weighted by molar-refractivity contribution is 7.99. The summed E-state index contributed by atoms with van der Waals surface area (Å²) in [4.78, 5) is 37.6. The second-order valence-corrected chi connectivity index (χ2v) is 8.64. The predicted octanol–water partition coefficient (Wildman–Crippen LogP) is 4.04. The first-order valence-corrected chi connectivity index (χ1v) is 14.8. The average Bonchev–Trinajstić information content (AvgIpc) is 2.95. The normalized spacial score (nSPS) is 12.4. The number of nitrogens with two attached hydrogens (primary N) is 1. The summed E-state index contributed by atoms with van der Waals surface area (Å²) in [6.45, 7) is 17.6. The third kappa shape index (κ3) is 22.8. The van der Waals surface area contributed by atoms with Crippen molar-refractivity contribution in [1.29, 1.82) is 5.26 Å². The Labute approximate surface area is 241 Å². The van der Waals surface area contributed by atoms with Crippen LogP contribution in [0.25, 0.3) is 0 Å². The number of ether oxygens (including phenoxy) is 1. The number of hydrogen-bond acceptors (Lipinski definition) is 8. The number of carbonyl (C=O) groups excluding carboxylic acids is 3. The second-order valence-electron chi connectivity index (χ2n) is 7.60. The standard InChI is InChI=1S/C19H30N4O3S.C3H5N.C2H5NO.2C2H6/c1-4-22(2)19(25)17(27-3)13-20-15-6-5-7-16(12-15)21-18(24)14-23-8-10-26-11-9-23;1-2-3-4;1-2(3)4;2*1-2/h5-7,12,17,20H,4,8-11,13-14H2,1-3H3,(H,21,24);2H2,1H3;1H3,(H2,3,4);2*1-2H3. The molecule has 10 nitrogen and oxygen atoms in total. The predicted molar refractivity (Wildman–Crippen MR) is 165 cm³/mol. The number of nitrogens with zero attached hydrogens (tertiary/aromatic N) is 3. The van der Waals surface area contributed by atoms with Gasteiger partial charge in [-0.2, -0.15) is 17.0 Å². The fourth-order valence-electron chi connectivity index (χ4n) is 2.75. The smallest absolute Gasteiger partial charge is 0.238 e. The van der Waals surface area contributed by atoms with E-state index < -0.39 is 0 Å². The molecule has 11 heteroatoms. The molecule has 1 aliphatic rings. The molecule has 0 bridgehead atoms. The largest absolute Gasteiger partial charge is 0.383 e. The summed E-state index contributed by atoms with van der Waals surface area (Å²) >= 11 is 1.54. The minimum atomic E-state index is -0.333. The van der Waals surface area contributed by atoms with Gasteiger partial charge in [0.15, 0.2) is 0 Å². The quantitative estimate of drug-likeness (QED) is 0.405. The lowest BCUT2D eigenvalue weighted by Crippen LogP contribution is -2.41. The summed E-state index contributed by atoms with van der Waals surface area (Å²) < 4.78 is 5.30. The third-order valence-electron chi connectivity index (χ3n) is 4.68. The molecular formula is C28H52N6O4S. The number of hydrogen-bond donors (Lipinski definition) is 3. The molecule has 1 atom stereocenters. The first-order valence-electron chi connectivity index (χ1n) is 13.5. The van der Waals surface area contributed by atoms with Gasteiger partial charge in [-0.05, 0) is 31.4 Å². The second kappa shape index (κ2) is 28.2. The fourth-order valence-corrected chi connectivity index (χ4v) is 3.39. The van der Waals surface area contributed by atoms with E-state index >= 15 is 0 Å². The Hall–Kier alpha value is -2.81. The molecule has 1 unspecified atom stereocenters. The minimum absolute atomic E-state index is 0.0317. The van der Waals surface area contributed by atoms with Gasteiger partial charge in [-0.3, -0.25) is 19.3 Å². The third-order valence-corrected chi connectivity index (χ3v) is 5.61. The molecule has 39 heavy (non-hydrogen) atoms. The number of carbonyl (C=O) groups is 3. The van der Waals surface area contributed by atoms with Gasteiger partial charge in [-0.25, -0.2) is 0 Å². The molecule has 0 aromatic heterocycles. The van der Waals surface area contributed by atoms with Crippen molar-refractivity contribution in [2.75, 3.05) is 69.9 Å². The van der Waals surface area contributed by atoms with Crippen molar-refractivity contribution < 1.29 is 19.1 Å². The van der Waals surface area contributed by atoms with Crippen LogP contribution in [0.4, 0.5) is 11.4 Å². The van der Waals surface area contributed by atoms with Gasteiger partial charge in [0.25, 0.3) is 0 Å². The maximum absolute atomic E-state index is 12.3. The van der Waals surface area contributed by atoms with E-state index in [-0.39, 0.29) is 23.0 Å². The fraction of sp³-hybridized carbons (Fsp3) is 0.643. The summed E-state index contributed by atoms with van der Waals surface area (Å²) in [6, 6.07) is 9.51. The number of nitrogens with one attached hydrogen (secondary N) is 2. The molecular weight excluding hydrogens is 516 g/mol. The highest BCUT2D eigenvalue weighted by atomic mass is 32.2. The molecule has 1 saturated heterocycles. The lowest BCUT2D eigenvalue weighted by atomic mass is 10.2. The Morgan fingerprint density at radius 2 is 1.67 bits per heavy atom. The van der Waals surface area contributed by atoms with E-state index in [1.165, 1.54) is 18.7 Å². The van der Waals surface area contributed by atoms with E-state index in [1.54, 1.807) is 4.90 Å². The van der Waals surface area contributed by atoms with E-state index in [2.05, 4.69) is 21.3 Å². The number of morpholine rings is 1. The van der Waals surface area contributed by atoms with Crippen LogP contribution in [0.3, 0.4) is 0 Å². The van der Waals surface area contributed by atoms with Crippen LogP contribution in [0.15, 0.2) is 24.3 Å². The van der Waals surface area contributed by atoms with E-state index in [0.29, 0.717) is 39.3 Å². The minimum Gasteiger partial charge on any atom is -0.383 e.